The molecule has 4 nitrogen and oxygen atoms in total. The fourth-order valence-electron chi connectivity index (χ4n) is 11.1. The molecule has 33 heavy (non-hydrogen) atoms. The van der Waals surface area contributed by atoms with Gasteiger partial charge in [0.1, 0.15) is 6.10 Å². The van der Waals surface area contributed by atoms with Crippen LogP contribution in [0, 0.1) is 58.2 Å². The Morgan fingerprint density at radius 2 is 1.67 bits per heavy atom. The number of amides is 1. The molecular formula is C29H41NO3. The second-order valence-electron chi connectivity index (χ2n) is 13.7. The first-order valence-electron chi connectivity index (χ1n) is 14.1. The van der Waals surface area contributed by atoms with Crippen molar-refractivity contribution >= 4 is 11.9 Å². The van der Waals surface area contributed by atoms with Gasteiger partial charge in [0.2, 0.25) is 5.91 Å². The first kappa shape index (κ1) is 21.0. The Morgan fingerprint density at radius 3 is 2.39 bits per heavy atom. The van der Waals surface area contributed by atoms with Gasteiger partial charge in [-0.05, 0) is 117 Å². The maximum Gasteiger partial charge on any atom is 0.330 e. The van der Waals surface area contributed by atoms with Gasteiger partial charge in [0.15, 0.2) is 0 Å². The third-order valence-corrected chi connectivity index (χ3v) is 12.4. The highest BCUT2D eigenvalue weighted by molar-refractivity contribution is 5.83. The Kier molecular flexibility index (Phi) is 4.52. The Hall–Kier alpha value is -1.32. The number of carbonyl (C=O) groups excluding carboxylic acids is 2. The Morgan fingerprint density at radius 1 is 0.939 bits per heavy atom. The van der Waals surface area contributed by atoms with Gasteiger partial charge in [-0.15, -0.1) is 0 Å². The van der Waals surface area contributed by atoms with E-state index in [-0.39, 0.29) is 28.8 Å². The quantitative estimate of drug-likeness (QED) is 0.582. The van der Waals surface area contributed by atoms with Crippen LogP contribution in [0.15, 0.2) is 12.2 Å². The van der Waals surface area contributed by atoms with Crippen LogP contribution in [0.4, 0.5) is 0 Å². The fraction of sp³-hybridized carbons (Fsp3) is 0.862. The minimum atomic E-state index is -0.168. The fourth-order valence-corrected chi connectivity index (χ4v) is 11.1. The zero-order chi connectivity index (χ0) is 22.5. The van der Waals surface area contributed by atoms with Crippen LogP contribution >= 0.6 is 0 Å². The smallest absolute Gasteiger partial charge is 0.330 e. The summed E-state index contributed by atoms with van der Waals surface area (Å²) in [7, 11) is 0. The van der Waals surface area contributed by atoms with Crippen molar-refractivity contribution in [3.8, 4) is 0 Å². The van der Waals surface area contributed by atoms with Gasteiger partial charge in [0.25, 0.3) is 0 Å². The zero-order valence-electron chi connectivity index (χ0n) is 20.4. The molecule has 1 aliphatic heterocycles. The minimum absolute atomic E-state index is 0.0289. The number of fused-ring (bicyclic) bond motifs is 5. The van der Waals surface area contributed by atoms with Crippen molar-refractivity contribution in [2.75, 3.05) is 0 Å². The third kappa shape index (κ3) is 2.94. The van der Waals surface area contributed by atoms with E-state index in [0.717, 1.165) is 55.8 Å². The van der Waals surface area contributed by atoms with Gasteiger partial charge in [-0.25, -0.2) is 4.79 Å². The largest absolute Gasteiger partial charge is 0.458 e. The second-order valence-corrected chi connectivity index (χ2v) is 13.7. The molecule has 2 unspecified atom stereocenters. The Bertz CT molecular complexity index is 867. The van der Waals surface area contributed by atoms with E-state index >= 15 is 0 Å². The number of carbonyl (C=O) groups is 2. The van der Waals surface area contributed by atoms with Gasteiger partial charge in [-0.3, -0.25) is 4.79 Å². The van der Waals surface area contributed by atoms with E-state index in [1.165, 1.54) is 38.5 Å². The van der Waals surface area contributed by atoms with Crippen LogP contribution in [-0.2, 0) is 14.3 Å². The molecule has 0 aromatic carbocycles. The number of rotatable bonds is 2. The lowest BCUT2D eigenvalue weighted by atomic mass is 9.48. The molecule has 1 heterocycles. The minimum Gasteiger partial charge on any atom is -0.458 e. The maximum absolute atomic E-state index is 13.8. The number of ether oxygens (including phenoxy) is 1. The molecular weight excluding hydrogens is 410 g/mol. The predicted octanol–water partition coefficient (Wildman–Crippen LogP) is 5.27. The van der Waals surface area contributed by atoms with Crippen LogP contribution in [0.2, 0.25) is 0 Å². The lowest BCUT2D eigenvalue weighted by Gasteiger charge is -2.58. The molecule has 0 saturated heterocycles. The van der Waals surface area contributed by atoms with Crippen molar-refractivity contribution in [3.63, 3.8) is 0 Å². The van der Waals surface area contributed by atoms with Crippen molar-refractivity contribution in [2.24, 2.45) is 58.2 Å². The molecule has 1 N–H and O–H groups in total. The summed E-state index contributed by atoms with van der Waals surface area (Å²) in [6.07, 6.45) is 17.5. The lowest BCUT2D eigenvalue weighted by molar-refractivity contribution is -0.168. The highest BCUT2D eigenvalue weighted by Crippen LogP contribution is 2.65. The van der Waals surface area contributed by atoms with Crippen molar-refractivity contribution in [2.45, 2.75) is 96.6 Å². The van der Waals surface area contributed by atoms with Gasteiger partial charge in [-0.2, -0.15) is 0 Å². The molecule has 1 amide bonds. The average molecular weight is 452 g/mol. The average Bonchev–Trinajstić information content (AvgIpc) is 3.13. The van der Waals surface area contributed by atoms with Gasteiger partial charge < -0.3 is 10.1 Å². The second kappa shape index (κ2) is 7.10. The molecule has 7 fully saturated rings. The van der Waals surface area contributed by atoms with Gasteiger partial charge >= 0.3 is 5.97 Å². The number of hydrogen-bond donors (Lipinski definition) is 1. The van der Waals surface area contributed by atoms with Crippen molar-refractivity contribution in [1.82, 2.24) is 5.32 Å². The molecule has 4 heteroatoms. The summed E-state index contributed by atoms with van der Waals surface area (Å²) in [6.45, 7) is 4.78. The van der Waals surface area contributed by atoms with E-state index in [4.69, 9.17) is 4.74 Å². The summed E-state index contributed by atoms with van der Waals surface area (Å²) in [5.74, 6) is 5.68. The molecule has 8 aliphatic rings. The van der Waals surface area contributed by atoms with E-state index in [9.17, 15) is 9.59 Å². The summed E-state index contributed by atoms with van der Waals surface area (Å²) < 4.78 is 5.78. The van der Waals surface area contributed by atoms with Crippen molar-refractivity contribution < 1.29 is 14.3 Å². The zero-order valence-corrected chi connectivity index (χ0v) is 20.4. The molecule has 8 rings (SSSR count). The number of esters is 1. The lowest BCUT2D eigenvalue weighted by Crippen LogP contribution is -2.58. The monoisotopic (exact) mass is 451 g/mol. The predicted molar refractivity (Wildman–Crippen MR) is 126 cm³/mol. The number of nitrogens with one attached hydrogen (secondary N) is 1. The number of hydrogen-bond acceptors (Lipinski definition) is 3. The van der Waals surface area contributed by atoms with E-state index in [0.29, 0.717) is 29.7 Å². The van der Waals surface area contributed by atoms with Crippen LogP contribution in [0.25, 0.3) is 0 Å². The van der Waals surface area contributed by atoms with Crippen LogP contribution in [0.1, 0.15) is 84.5 Å². The van der Waals surface area contributed by atoms with Crippen LogP contribution in [0.3, 0.4) is 0 Å². The van der Waals surface area contributed by atoms with Crippen LogP contribution < -0.4 is 5.32 Å². The van der Waals surface area contributed by atoms with Gasteiger partial charge in [0, 0.05) is 23.5 Å². The molecule has 0 radical (unpaired) electrons. The summed E-state index contributed by atoms with van der Waals surface area (Å²) in [5.41, 5.74) is 0.105. The van der Waals surface area contributed by atoms with E-state index < -0.39 is 0 Å². The molecule has 4 bridgehead atoms. The molecule has 7 saturated carbocycles. The maximum atomic E-state index is 13.8. The van der Waals surface area contributed by atoms with Crippen LogP contribution in [0.5, 0.6) is 0 Å². The van der Waals surface area contributed by atoms with Gasteiger partial charge in [0.05, 0.1) is 0 Å². The highest BCUT2D eigenvalue weighted by Gasteiger charge is 2.62. The molecule has 0 aromatic rings. The van der Waals surface area contributed by atoms with Crippen LogP contribution in [-0.4, -0.2) is 24.0 Å². The third-order valence-electron chi connectivity index (χ3n) is 12.4. The van der Waals surface area contributed by atoms with E-state index in [1.807, 2.05) is 0 Å². The van der Waals surface area contributed by atoms with Crippen molar-refractivity contribution in [1.29, 1.82) is 0 Å². The first-order valence-corrected chi connectivity index (χ1v) is 14.1. The summed E-state index contributed by atoms with van der Waals surface area (Å²) in [6, 6.07) is 0.459. The molecule has 0 spiro atoms. The molecule has 180 valence electrons. The summed E-state index contributed by atoms with van der Waals surface area (Å²) >= 11 is 0. The molecule has 7 atom stereocenters. The Balaban J connectivity index is 1.09. The highest BCUT2D eigenvalue weighted by atomic mass is 16.5. The summed E-state index contributed by atoms with van der Waals surface area (Å²) in [4.78, 5) is 25.7. The van der Waals surface area contributed by atoms with E-state index in [1.54, 1.807) is 6.08 Å². The Labute approximate surface area is 198 Å². The van der Waals surface area contributed by atoms with E-state index in [2.05, 4.69) is 25.2 Å². The molecule has 0 aromatic heterocycles. The van der Waals surface area contributed by atoms with Gasteiger partial charge in [-0.1, -0.05) is 19.9 Å². The topological polar surface area (TPSA) is 55.4 Å². The SMILES string of the molecule is C[C@]12C=CC(=O)OC1CC[C@@H]1[C@H]2CC[C@]2(C)C(C(=O)NC3C4CC5CC(C4)CC3C5)CC[C@@H]12. The first-order chi connectivity index (χ1) is 15.8. The normalized spacial score (nSPS) is 56.0. The molecule has 7 aliphatic carbocycles. The van der Waals surface area contributed by atoms with Crippen molar-refractivity contribution in [3.05, 3.63) is 12.2 Å². The standard InChI is InChI=1S/C29H41NO3/c1-28-9-7-22-20(3-6-24-29(22,2)10-8-25(31)33-24)21(28)4-5-23(28)27(32)30-26-18-12-16-11-17(14-18)15-19(26)13-16/h8,10,16-24,26H,3-7,9,11-15H2,1-2H3,(H,30,32)/t16?,17?,18?,19?,20-,21-,22+,23?,24?,26?,28-,29+/m0/s1. The summed E-state index contributed by atoms with van der Waals surface area (Å²) in [5, 5.41) is 3.68.